The van der Waals surface area contributed by atoms with Crippen molar-refractivity contribution in [3.8, 4) is 0 Å². The molecule has 0 radical (unpaired) electrons. The number of benzene rings is 1. The largest absolute Gasteiger partial charge is 0.349 e. The van der Waals surface area contributed by atoms with Gasteiger partial charge in [-0.25, -0.2) is 0 Å². The smallest absolute Gasteiger partial charge is 0.257 e. The fourth-order valence-corrected chi connectivity index (χ4v) is 2.04. The molecule has 0 saturated carbocycles. The lowest BCUT2D eigenvalue weighted by atomic mass is 10.1. The number of hydrogen-bond acceptors (Lipinski definition) is 4. The lowest BCUT2D eigenvalue weighted by Crippen LogP contribution is -2.24. The summed E-state index contributed by atoms with van der Waals surface area (Å²) in [5, 5.41) is 7.96. The van der Waals surface area contributed by atoms with Crippen molar-refractivity contribution in [1.82, 2.24) is 10.3 Å². The van der Waals surface area contributed by atoms with Crippen LogP contribution in [-0.2, 0) is 4.79 Å². The van der Waals surface area contributed by atoms with Crippen molar-refractivity contribution in [2.45, 2.75) is 6.92 Å². The van der Waals surface area contributed by atoms with E-state index in [1.165, 1.54) is 25.4 Å². The Morgan fingerprint density at radius 3 is 2.32 bits per heavy atom. The van der Waals surface area contributed by atoms with Crippen LogP contribution >= 0.6 is 0 Å². The van der Waals surface area contributed by atoms with E-state index in [1.54, 1.807) is 30.3 Å². The molecule has 1 aromatic heterocycles. The minimum Gasteiger partial charge on any atom is -0.349 e. The van der Waals surface area contributed by atoms with Crippen LogP contribution in [0.3, 0.4) is 0 Å². The number of hydrogen-bond donors (Lipinski definition) is 3. The van der Waals surface area contributed by atoms with Crippen LogP contribution in [0.25, 0.3) is 0 Å². The molecule has 25 heavy (non-hydrogen) atoms. The Morgan fingerprint density at radius 2 is 1.68 bits per heavy atom. The number of nitrogens with one attached hydrogen (secondary N) is 3. The van der Waals surface area contributed by atoms with Gasteiger partial charge in [0, 0.05) is 37.2 Å². The standard InChI is InChI=1S/C18H18N4O3/c1-3-7-20-17(24)13-8-14(11-19-10-13)18(25)22-16-6-4-5-15(9-16)21-12(2)23/h3-6,8-11H,1,7H2,2H3,(H,20,24)(H,21,23)(H,22,25). The Kier molecular flexibility index (Phi) is 6.00. The second-order valence-electron chi connectivity index (χ2n) is 5.18. The van der Waals surface area contributed by atoms with Crippen molar-refractivity contribution in [2.24, 2.45) is 0 Å². The molecule has 7 heteroatoms. The van der Waals surface area contributed by atoms with E-state index >= 15 is 0 Å². The molecule has 0 fully saturated rings. The normalized spacial score (nSPS) is 9.80. The Hall–Kier alpha value is -3.48. The van der Waals surface area contributed by atoms with Crippen LogP contribution in [0.15, 0.2) is 55.4 Å². The molecule has 0 aliphatic carbocycles. The SMILES string of the molecule is C=CCNC(=O)c1cncc(C(=O)Nc2cccc(NC(C)=O)c2)c1. The Morgan fingerprint density at radius 1 is 1.04 bits per heavy atom. The highest BCUT2D eigenvalue weighted by Gasteiger charge is 2.11. The number of rotatable bonds is 6. The van der Waals surface area contributed by atoms with Crippen LogP contribution < -0.4 is 16.0 Å². The third kappa shape index (κ3) is 5.28. The van der Waals surface area contributed by atoms with Crippen LogP contribution in [0.1, 0.15) is 27.6 Å². The fourth-order valence-electron chi connectivity index (χ4n) is 2.04. The van der Waals surface area contributed by atoms with Crippen molar-refractivity contribution in [3.05, 3.63) is 66.5 Å². The van der Waals surface area contributed by atoms with Crippen LogP contribution in [0.5, 0.6) is 0 Å². The van der Waals surface area contributed by atoms with Gasteiger partial charge in [0.15, 0.2) is 0 Å². The molecule has 3 amide bonds. The van der Waals surface area contributed by atoms with Crippen molar-refractivity contribution in [2.75, 3.05) is 17.2 Å². The van der Waals surface area contributed by atoms with E-state index < -0.39 is 5.91 Å². The summed E-state index contributed by atoms with van der Waals surface area (Å²) in [6.07, 6.45) is 4.31. The Balaban J connectivity index is 2.12. The number of nitrogens with zero attached hydrogens (tertiary/aromatic N) is 1. The van der Waals surface area contributed by atoms with Crippen molar-refractivity contribution >= 4 is 29.1 Å². The van der Waals surface area contributed by atoms with E-state index in [0.29, 0.717) is 17.9 Å². The number of anilines is 2. The van der Waals surface area contributed by atoms with Gasteiger partial charge in [-0.3, -0.25) is 19.4 Å². The van der Waals surface area contributed by atoms with Crippen LogP contribution in [-0.4, -0.2) is 29.3 Å². The number of pyridine rings is 1. The summed E-state index contributed by atoms with van der Waals surface area (Å²) in [5.74, 6) is -0.952. The van der Waals surface area contributed by atoms with E-state index in [4.69, 9.17) is 0 Å². The molecule has 7 nitrogen and oxygen atoms in total. The molecule has 0 aliphatic heterocycles. The summed E-state index contributed by atoms with van der Waals surface area (Å²) < 4.78 is 0. The predicted molar refractivity (Wildman–Crippen MR) is 95.5 cm³/mol. The van der Waals surface area contributed by atoms with Gasteiger partial charge < -0.3 is 16.0 Å². The molecule has 0 spiro atoms. The molecule has 1 aromatic carbocycles. The third-order valence-electron chi connectivity index (χ3n) is 3.11. The molecule has 2 aromatic rings. The molecule has 0 aliphatic rings. The quantitative estimate of drug-likeness (QED) is 0.703. The fraction of sp³-hybridized carbons (Fsp3) is 0.111. The van der Waals surface area contributed by atoms with E-state index in [-0.39, 0.29) is 22.9 Å². The Labute approximate surface area is 145 Å². The molecule has 0 unspecified atom stereocenters. The van der Waals surface area contributed by atoms with Crippen LogP contribution in [0.4, 0.5) is 11.4 Å². The predicted octanol–water partition coefficient (Wildman–Crippen LogP) is 2.21. The van der Waals surface area contributed by atoms with E-state index in [9.17, 15) is 14.4 Å². The van der Waals surface area contributed by atoms with Crippen molar-refractivity contribution in [1.29, 1.82) is 0 Å². The second kappa shape index (κ2) is 8.39. The van der Waals surface area contributed by atoms with E-state index in [1.807, 2.05) is 0 Å². The van der Waals surface area contributed by atoms with Gasteiger partial charge in [0.05, 0.1) is 11.1 Å². The zero-order valence-electron chi connectivity index (χ0n) is 13.7. The van der Waals surface area contributed by atoms with Gasteiger partial charge in [0.2, 0.25) is 5.91 Å². The molecule has 3 N–H and O–H groups in total. The minimum absolute atomic E-state index is 0.203. The van der Waals surface area contributed by atoms with Crippen LogP contribution in [0, 0.1) is 0 Å². The van der Waals surface area contributed by atoms with Crippen molar-refractivity contribution in [3.63, 3.8) is 0 Å². The van der Waals surface area contributed by atoms with Crippen molar-refractivity contribution < 1.29 is 14.4 Å². The number of amides is 3. The summed E-state index contributed by atoms with van der Waals surface area (Å²) in [5.41, 5.74) is 1.61. The third-order valence-corrected chi connectivity index (χ3v) is 3.11. The first-order valence-corrected chi connectivity index (χ1v) is 7.52. The Bertz CT molecular complexity index is 817. The van der Waals surface area contributed by atoms with Gasteiger partial charge in [0.25, 0.3) is 11.8 Å². The first-order valence-electron chi connectivity index (χ1n) is 7.52. The molecular weight excluding hydrogens is 320 g/mol. The first kappa shape index (κ1) is 17.9. The molecule has 2 rings (SSSR count). The molecule has 1 heterocycles. The summed E-state index contributed by atoms with van der Waals surface area (Å²) in [6.45, 7) is 5.25. The molecule has 128 valence electrons. The average molecular weight is 338 g/mol. The summed E-state index contributed by atoms with van der Waals surface area (Å²) in [7, 11) is 0. The van der Waals surface area contributed by atoms with Gasteiger partial charge in [-0.15, -0.1) is 6.58 Å². The lowest BCUT2D eigenvalue weighted by Gasteiger charge is -2.08. The molecule has 0 saturated heterocycles. The van der Waals surface area contributed by atoms with E-state index in [2.05, 4.69) is 27.5 Å². The highest BCUT2D eigenvalue weighted by molar-refractivity contribution is 6.06. The zero-order valence-corrected chi connectivity index (χ0v) is 13.7. The molecule has 0 bridgehead atoms. The zero-order chi connectivity index (χ0) is 18.2. The summed E-state index contributed by atoms with van der Waals surface area (Å²) in [4.78, 5) is 39.3. The lowest BCUT2D eigenvalue weighted by molar-refractivity contribution is -0.114. The topological polar surface area (TPSA) is 100 Å². The van der Waals surface area contributed by atoms with Gasteiger partial charge in [0.1, 0.15) is 0 Å². The minimum atomic E-state index is -0.411. The van der Waals surface area contributed by atoms with Gasteiger partial charge in [-0.2, -0.15) is 0 Å². The monoisotopic (exact) mass is 338 g/mol. The number of carbonyl (C=O) groups excluding carboxylic acids is 3. The maximum atomic E-state index is 12.4. The summed E-state index contributed by atoms with van der Waals surface area (Å²) >= 11 is 0. The maximum Gasteiger partial charge on any atom is 0.257 e. The van der Waals surface area contributed by atoms with Gasteiger partial charge in [-0.1, -0.05) is 12.1 Å². The summed E-state index contributed by atoms with van der Waals surface area (Å²) in [6, 6.07) is 8.20. The highest BCUT2D eigenvalue weighted by Crippen LogP contribution is 2.16. The van der Waals surface area contributed by atoms with Gasteiger partial charge in [-0.05, 0) is 24.3 Å². The van der Waals surface area contributed by atoms with E-state index in [0.717, 1.165) is 0 Å². The van der Waals surface area contributed by atoms with Crippen LogP contribution in [0.2, 0.25) is 0 Å². The number of carbonyl (C=O) groups is 3. The number of aromatic nitrogens is 1. The second-order valence-corrected chi connectivity index (χ2v) is 5.18. The van der Waals surface area contributed by atoms with Gasteiger partial charge >= 0.3 is 0 Å². The highest BCUT2D eigenvalue weighted by atomic mass is 16.2. The average Bonchev–Trinajstić information content (AvgIpc) is 2.59. The molecular formula is C18H18N4O3. The maximum absolute atomic E-state index is 12.4. The first-order chi connectivity index (χ1) is 12.0. The molecule has 0 atom stereocenters.